The number of aliphatic hydroxyl groups excluding tert-OH is 1. The largest absolute Gasteiger partial charge is 0.356 e. The molecule has 3 heteroatoms. The Morgan fingerprint density at radius 3 is 2.57 bits per heavy atom. The van der Waals surface area contributed by atoms with Crippen LogP contribution in [0.15, 0.2) is 30.3 Å². The summed E-state index contributed by atoms with van der Waals surface area (Å²) in [5.41, 5.74) is 1.25. The summed E-state index contributed by atoms with van der Waals surface area (Å²) in [4.78, 5) is 0. The van der Waals surface area contributed by atoms with E-state index in [1.54, 1.807) is 0 Å². The molecule has 14 heavy (non-hydrogen) atoms. The summed E-state index contributed by atoms with van der Waals surface area (Å²) in [5, 5.41) is 12.1. The third kappa shape index (κ3) is 3.87. The number of hydrogen-bond donors (Lipinski definition) is 2. The molecular formula is C11H17NO2. The Morgan fingerprint density at radius 2 is 2.00 bits per heavy atom. The number of benzene rings is 1. The van der Waals surface area contributed by atoms with Crippen LogP contribution in [0.25, 0.3) is 0 Å². The van der Waals surface area contributed by atoms with Gasteiger partial charge in [-0.25, -0.2) is 0 Å². The lowest BCUT2D eigenvalue weighted by molar-refractivity contribution is -0.102. The van der Waals surface area contributed by atoms with Crippen molar-refractivity contribution in [1.29, 1.82) is 0 Å². The molecule has 0 amide bonds. The van der Waals surface area contributed by atoms with Gasteiger partial charge in [-0.15, -0.1) is 0 Å². The minimum Gasteiger partial charge on any atom is -0.356 e. The second-order valence-corrected chi connectivity index (χ2v) is 3.35. The third-order valence-corrected chi connectivity index (χ3v) is 2.04. The Labute approximate surface area is 84.7 Å². The first-order chi connectivity index (χ1) is 6.72. The summed E-state index contributed by atoms with van der Waals surface area (Å²) in [6, 6.07) is 10.3. The summed E-state index contributed by atoms with van der Waals surface area (Å²) < 4.78 is 4.70. The van der Waals surface area contributed by atoms with Gasteiger partial charge in [0, 0.05) is 13.2 Å². The summed E-state index contributed by atoms with van der Waals surface area (Å²) in [5.74, 6) is 0. The maximum Gasteiger partial charge on any atom is 0.213 e. The lowest BCUT2D eigenvalue weighted by Gasteiger charge is -2.17. The second kappa shape index (κ2) is 5.75. The second-order valence-electron chi connectivity index (χ2n) is 3.35. The highest BCUT2D eigenvalue weighted by atomic mass is 16.6. The molecule has 1 aromatic rings. The fourth-order valence-corrected chi connectivity index (χ4v) is 1.34. The number of ether oxygens (including phenoxy) is 1. The number of nitrogens with one attached hydrogen (secondary N) is 1. The Bertz CT molecular complexity index is 251. The molecule has 3 nitrogen and oxygen atoms in total. The molecule has 0 bridgehead atoms. The van der Waals surface area contributed by atoms with Gasteiger partial charge in [0.05, 0.1) is 0 Å². The zero-order chi connectivity index (χ0) is 10.4. The quantitative estimate of drug-likeness (QED) is 0.692. The van der Waals surface area contributed by atoms with Crippen molar-refractivity contribution < 1.29 is 9.84 Å². The molecule has 0 aliphatic carbocycles. The van der Waals surface area contributed by atoms with Crippen LogP contribution < -0.4 is 5.32 Å². The van der Waals surface area contributed by atoms with Gasteiger partial charge >= 0.3 is 0 Å². The molecule has 2 atom stereocenters. The molecule has 1 unspecified atom stereocenters. The topological polar surface area (TPSA) is 41.5 Å². The van der Waals surface area contributed by atoms with E-state index in [1.807, 2.05) is 25.1 Å². The Morgan fingerprint density at radius 1 is 1.36 bits per heavy atom. The molecule has 0 saturated carbocycles. The lowest BCUT2D eigenvalue weighted by Crippen LogP contribution is -2.38. The van der Waals surface area contributed by atoms with Gasteiger partial charge in [-0.3, -0.25) is 5.32 Å². The van der Waals surface area contributed by atoms with Gasteiger partial charge in [0.2, 0.25) is 6.41 Å². The van der Waals surface area contributed by atoms with Crippen LogP contribution in [0.5, 0.6) is 0 Å². The molecule has 0 radical (unpaired) electrons. The van der Waals surface area contributed by atoms with Crippen LogP contribution in [0.2, 0.25) is 0 Å². The summed E-state index contributed by atoms with van der Waals surface area (Å²) >= 11 is 0. The van der Waals surface area contributed by atoms with Gasteiger partial charge in [-0.05, 0) is 18.9 Å². The molecule has 0 fully saturated rings. The third-order valence-electron chi connectivity index (χ3n) is 2.04. The van der Waals surface area contributed by atoms with Crippen LogP contribution in [0.1, 0.15) is 12.5 Å². The molecule has 2 N–H and O–H groups in total. The van der Waals surface area contributed by atoms with Crippen LogP contribution >= 0.6 is 0 Å². The van der Waals surface area contributed by atoms with E-state index in [1.165, 1.54) is 12.7 Å². The maximum atomic E-state index is 9.17. The Hall–Kier alpha value is -0.900. The van der Waals surface area contributed by atoms with Crippen molar-refractivity contribution in [2.45, 2.75) is 25.8 Å². The van der Waals surface area contributed by atoms with E-state index < -0.39 is 6.41 Å². The number of hydrogen-bond acceptors (Lipinski definition) is 3. The van der Waals surface area contributed by atoms with Gasteiger partial charge in [0.1, 0.15) is 0 Å². The highest BCUT2D eigenvalue weighted by Gasteiger charge is 2.07. The van der Waals surface area contributed by atoms with E-state index in [0.717, 1.165) is 6.42 Å². The maximum absolute atomic E-state index is 9.17. The molecule has 0 saturated heterocycles. The first kappa shape index (κ1) is 11.2. The highest BCUT2D eigenvalue weighted by Crippen LogP contribution is 2.02. The Kier molecular flexibility index (Phi) is 4.59. The van der Waals surface area contributed by atoms with Gasteiger partial charge in [0.15, 0.2) is 0 Å². The van der Waals surface area contributed by atoms with Crippen LogP contribution in [-0.4, -0.2) is 24.7 Å². The minimum absolute atomic E-state index is 0.187. The number of methoxy groups -OCH3 is 1. The zero-order valence-electron chi connectivity index (χ0n) is 8.60. The molecule has 0 heterocycles. The standard InChI is InChI=1S/C11H17NO2/c1-9(12-11(13)14-2)8-10-6-4-3-5-7-10/h3-7,9,11-13H,8H2,1-2H3/t9-,11?/m0/s1. The SMILES string of the molecule is COC(O)N[C@@H](C)Cc1ccccc1. The molecule has 0 aliphatic rings. The van der Waals surface area contributed by atoms with Gasteiger partial charge in [-0.1, -0.05) is 30.3 Å². The van der Waals surface area contributed by atoms with Gasteiger partial charge in [0.25, 0.3) is 0 Å². The normalized spacial score (nSPS) is 15.1. The minimum atomic E-state index is -0.881. The van der Waals surface area contributed by atoms with Gasteiger partial charge in [-0.2, -0.15) is 0 Å². The van der Waals surface area contributed by atoms with Crippen molar-refractivity contribution in [3.05, 3.63) is 35.9 Å². The average molecular weight is 195 g/mol. The fourth-order valence-electron chi connectivity index (χ4n) is 1.34. The van der Waals surface area contributed by atoms with E-state index in [-0.39, 0.29) is 6.04 Å². The molecule has 1 aromatic carbocycles. The van der Waals surface area contributed by atoms with E-state index in [2.05, 4.69) is 17.4 Å². The number of aliphatic hydroxyl groups is 1. The summed E-state index contributed by atoms with van der Waals surface area (Å²) in [7, 11) is 1.47. The number of rotatable bonds is 5. The molecule has 0 aromatic heterocycles. The fraction of sp³-hybridized carbons (Fsp3) is 0.455. The molecule has 0 spiro atoms. The van der Waals surface area contributed by atoms with E-state index >= 15 is 0 Å². The molecule has 0 aliphatic heterocycles. The van der Waals surface area contributed by atoms with Crippen molar-refractivity contribution in [2.75, 3.05) is 7.11 Å². The predicted molar refractivity (Wildman–Crippen MR) is 55.8 cm³/mol. The van der Waals surface area contributed by atoms with Crippen molar-refractivity contribution in [3.63, 3.8) is 0 Å². The van der Waals surface area contributed by atoms with Crippen LogP contribution in [0.4, 0.5) is 0 Å². The summed E-state index contributed by atoms with van der Waals surface area (Å²) in [6.07, 6.45) is -0.00457. The first-order valence-electron chi connectivity index (χ1n) is 4.73. The Balaban J connectivity index is 2.37. The molecular weight excluding hydrogens is 178 g/mol. The highest BCUT2D eigenvalue weighted by molar-refractivity contribution is 5.15. The zero-order valence-corrected chi connectivity index (χ0v) is 8.60. The van der Waals surface area contributed by atoms with Crippen molar-refractivity contribution in [2.24, 2.45) is 0 Å². The molecule has 78 valence electrons. The lowest BCUT2D eigenvalue weighted by atomic mass is 10.1. The van der Waals surface area contributed by atoms with Crippen molar-refractivity contribution in [1.82, 2.24) is 5.32 Å². The monoisotopic (exact) mass is 195 g/mol. The van der Waals surface area contributed by atoms with Crippen molar-refractivity contribution >= 4 is 0 Å². The van der Waals surface area contributed by atoms with Crippen LogP contribution in [-0.2, 0) is 11.2 Å². The smallest absolute Gasteiger partial charge is 0.213 e. The van der Waals surface area contributed by atoms with E-state index in [4.69, 9.17) is 4.74 Å². The van der Waals surface area contributed by atoms with Crippen LogP contribution in [0.3, 0.4) is 0 Å². The van der Waals surface area contributed by atoms with Crippen LogP contribution in [0, 0.1) is 0 Å². The molecule has 1 rings (SSSR count). The van der Waals surface area contributed by atoms with E-state index in [9.17, 15) is 5.11 Å². The van der Waals surface area contributed by atoms with Crippen molar-refractivity contribution in [3.8, 4) is 0 Å². The summed E-state index contributed by atoms with van der Waals surface area (Å²) in [6.45, 7) is 2.01. The predicted octanol–water partition coefficient (Wildman–Crippen LogP) is 1.13. The van der Waals surface area contributed by atoms with Gasteiger partial charge < -0.3 is 9.84 Å². The first-order valence-corrected chi connectivity index (χ1v) is 4.73. The van der Waals surface area contributed by atoms with E-state index in [0.29, 0.717) is 0 Å². The average Bonchev–Trinajstić information content (AvgIpc) is 2.19.